The van der Waals surface area contributed by atoms with E-state index in [1.54, 1.807) is 0 Å². The number of amidine groups is 1. The number of aliphatic hydroxyl groups excluding tert-OH is 1. The van der Waals surface area contributed by atoms with Gasteiger partial charge in [-0.15, -0.1) is 0 Å². The van der Waals surface area contributed by atoms with E-state index in [2.05, 4.69) is 20.5 Å². The maximum atomic E-state index is 9.02. The van der Waals surface area contributed by atoms with Crippen LogP contribution in [-0.2, 0) is 0 Å². The first-order valence-corrected chi connectivity index (χ1v) is 5.69. The zero-order valence-electron chi connectivity index (χ0n) is 9.11. The predicted octanol–water partition coefficient (Wildman–Crippen LogP) is -1.29. The SMILES string of the molecule is NC1=NCNC2=C1NCN2[C@H]1C[C@@H](CO)C1. The van der Waals surface area contributed by atoms with Crippen LogP contribution in [0.5, 0.6) is 0 Å². The van der Waals surface area contributed by atoms with Crippen molar-refractivity contribution < 1.29 is 5.11 Å². The highest BCUT2D eigenvalue weighted by atomic mass is 16.3. The molecule has 6 nitrogen and oxygen atoms in total. The highest BCUT2D eigenvalue weighted by Crippen LogP contribution is 2.34. The number of nitrogens with one attached hydrogen (secondary N) is 2. The second-order valence-electron chi connectivity index (χ2n) is 4.58. The first kappa shape index (κ1) is 9.77. The van der Waals surface area contributed by atoms with E-state index >= 15 is 0 Å². The molecule has 3 aliphatic rings. The molecule has 0 aromatic rings. The minimum absolute atomic E-state index is 0.306. The zero-order chi connectivity index (χ0) is 11.1. The highest BCUT2D eigenvalue weighted by Gasteiger charge is 2.38. The molecule has 0 bridgehead atoms. The number of hydrogen-bond acceptors (Lipinski definition) is 6. The van der Waals surface area contributed by atoms with Gasteiger partial charge in [-0.1, -0.05) is 0 Å². The summed E-state index contributed by atoms with van der Waals surface area (Å²) < 4.78 is 0. The molecule has 0 saturated heterocycles. The van der Waals surface area contributed by atoms with Gasteiger partial charge in [0.2, 0.25) is 0 Å². The molecule has 0 aromatic heterocycles. The van der Waals surface area contributed by atoms with Crippen molar-refractivity contribution in [1.29, 1.82) is 0 Å². The first-order valence-electron chi connectivity index (χ1n) is 5.69. The quantitative estimate of drug-likeness (QED) is 0.468. The summed E-state index contributed by atoms with van der Waals surface area (Å²) in [6.45, 7) is 1.65. The van der Waals surface area contributed by atoms with Crippen LogP contribution in [0.4, 0.5) is 0 Å². The Morgan fingerprint density at radius 1 is 1.44 bits per heavy atom. The Bertz CT molecular complexity index is 358. The Balaban J connectivity index is 1.73. The summed E-state index contributed by atoms with van der Waals surface area (Å²) in [4.78, 5) is 6.43. The van der Waals surface area contributed by atoms with Crippen molar-refractivity contribution >= 4 is 5.84 Å². The average molecular weight is 223 g/mol. The summed E-state index contributed by atoms with van der Waals surface area (Å²) in [5.41, 5.74) is 6.75. The molecule has 1 saturated carbocycles. The minimum atomic E-state index is 0.306. The van der Waals surface area contributed by atoms with Crippen molar-refractivity contribution in [3.05, 3.63) is 11.5 Å². The number of nitrogens with zero attached hydrogens (tertiary/aromatic N) is 2. The Morgan fingerprint density at radius 2 is 2.25 bits per heavy atom. The van der Waals surface area contributed by atoms with Crippen LogP contribution in [0, 0.1) is 5.92 Å². The van der Waals surface area contributed by atoms with E-state index < -0.39 is 0 Å². The van der Waals surface area contributed by atoms with Gasteiger partial charge in [0, 0.05) is 12.6 Å². The van der Waals surface area contributed by atoms with E-state index in [1.165, 1.54) is 0 Å². The van der Waals surface area contributed by atoms with Gasteiger partial charge in [0.25, 0.3) is 0 Å². The molecule has 1 fully saturated rings. The van der Waals surface area contributed by atoms with Crippen LogP contribution in [0.25, 0.3) is 0 Å². The highest BCUT2D eigenvalue weighted by molar-refractivity contribution is 5.97. The van der Waals surface area contributed by atoms with Gasteiger partial charge in [0.1, 0.15) is 24.0 Å². The summed E-state index contributed by atoms with van der Waals surface area (Å²) in [7, 11) is 0. The number of aliphatic imine (C=N–C) groups is 1. The van der Waals surface area contributed by atoms with Gasteiger partial charge in [-0.2, -0.15) is 0 Å². The van der Waals surface area contributed by atoms with E-state index in [0.717, 1.165) is 31.0 Å². The van der Waals surface area contributed by atoms with E-state index in [9.17, 15) is 0 Å². The molecule has 0 spiro atoms. The Hall–Kier alpha value is -1.43. The normalized spacial score (nSPS) is 32.6. The third-order valence-corrected chi connectivity index (χ3v) is 3.61. The minimum Gasteiger partial charge on any atom is -0.396 e. The maximum Gasteiger partial charge on any atom is 0.147 e. The standard InChI is InChI=1S/C10H17N5O/c11-9-8-10(13-4-12-9)15(5-14-8)7-1-6(2-7)3-16/h6-7,13-14,16H,1-5H2,(H2,11,12)/t6-,7+. The lowest BCUT2D eigenvalue weighted by Crippen LogP contribution is -2.47. The summed E-state index contributed by atoms with van der Waals surface area (Å²) in [5.74, 6) is 2.15. The molecule has 1 aliphatic carbocycles. The van der Waals surface area contributed by atoms with Crippen LogP contribution in [-0.4, -0.2) is 41.8 Å². The molecule has 16 heavy (non-hydrogen) atoms. The van der Waals surface area contributed by atoms with Gasteiger partial charge in [-0.05, 0) is 18.8 Å². The first-order chi connectivity index (χ1) is 7.79. The van der Waals surface area contributed by atoms with E-state index in [4.69, 9.17) is 10.8 Å². The van der Waals surface area contributed by atoms with Gasteiger partial charge in [0.05, 0.1) is 6.67 Å². The van der Waals surface area contributed by atoms with Crippen LogP contribution in [0.1, 0.15) is 12.8 Å². The van der Waals surface area contributed by atoms with Crippen LogP contribution in [0.2, 0.25) is 0 Å². The van der Waals surface area contributed by atoms with Crippen LogP contribution >= 0.6 is 0 Å². The van der Waals surface area contributed by atoms with Gasteiger partial charge in [-0.3, -0.25) is 0 Å². The van der Waals surface area contributed by atoms with Crippen molar-refractivity contribution in [3.8, 4) is 0 Å². The zero-order valence-corrected chi connectivity index (χ0v) is 9.11. The van der Waals surface area contributed by atoms with Crippen molar-refractivity contribution in [2.75, 3.05) is 19.9 Å². The van der Waals surface area contributed by atoms with Crippen LogP contribution in [0.15, 0.2) is 16.5 Å². The predicted molar refractivity (Wildman–Crippen MR) is 60.1 cm³/mol. The maximum absolute atomic E-state index is 9.02. The topological polar surface area (TPSA) is 85.9 Å². The van der Waals surface area contributed by atoms with Crippen molar-refractivity contribution in [2.24, 2.45) is 16.6 Å². The van der Waals surface area contributed by atoms with E-state index in [1.807, 2.05) is 0 Å². The molecule has 88 valence electrons. The number of rotatable bonds is 2. The average Bonchev–Trinajstić information content (AvgIpc) is 2.62. The fourth-order valence-electron chi connectivity index (χ4n) is 2.57. The molecule has 0 atom stereocenters. The van der Waals surface area contributed by atoms with Gasteiger partial charge in [0.15, 0.2) is 0 Å². The summed E-state index contributed by atoms with van der Waals surface area (Å²) in [5, 5.41) is 15.5. The van der Waals surface area contributed by atoms with E-state index in [0.29, 0.717) is 31.1 Å². The molecule has 0 aromatic carbocycles. The molecular formula is C10H17N5O. The van der Waals surface area contributed by atoms with Gasteiger partial charge >= 0.3 is 0 Å². The number of aliphatic hydroxyl groups is 1. The van der Waals surface area contributed by atoms with Gasteiger partial charge < -0.3 is 26.4 Å². The summed E-state index contributed by atoms with van der Waals surface area (Å²) >= 11 is 0. The van der Waals surface area contributed by atoms with Crippen molar-refractivity contribution in [3.63, 3.8) is 0 Å². The second kappa shape index (κ2) is 3.55. The van der Waals surface area contributed by atoms with Gasteiger partial charge in [-0.25, -0.2) is 4.99 Å². The molecule has 0 amide bonds. The lowest BCUT2D eigenvalue weighted by atomic mass is 9.80. The van der Waals surface area contributed by atoms with Crippen molar-refractivity contribution in [1.82, 2.24) is 15.5 Å². The molecule has 0 unspecified atom stereocenters. The van der Waals surface area contributed by atoms with Crippen LogP contribution < -0.4 is 16.4 Å². The fraction of sp³-hybridized carbons (Fsp3) is 0.700. The molecule has 2 aliphatic heterocycles. The molecule has 3 rings (SSSR count). The molecule has 0 radical (unpaired) electrons. The molecular weight excluding hydrogens is 206 g/mol. The monoisotopic (exact) mass is 223 g/mol. The smallest absolute Gasteiger partial charge is 0.147 e. The Kier molecular flexibility index (Phi) is 2.17. The Labute approximate surface area is 94.2 Å². The number of hydrogen-bond donors (Lipinski definition) is 4. The van der Waals surface area contributed by atoms with Crippen LogP contribution in [0.3, 0.4) is 0 Å². The Morgan fingerprint density at radius 3 is 3.00 bits per heavy atom. The molecule has 2 heterocycles. The summed E-state index contributed by atoms with van der Waals surface area (Å²) in [6, 6.07) is 0.524. The third-order valence-electron chi connectivity index (χ3n) is 3.61. The molecule has 5 N–H and O–H groups in total. The third kappa shape index (κ3) is 1.33. The van der Waals surface area contributed by atoms with Crippen molar-refractivity contribution in [2.45, 2.75) is 18.9 Å². The number of nitrogens with two attached hydrogens (primary N) is 1. The fourth-order valence-corrected chi connectivity index (χ4v) is 2.57. The van der Waals surface area contributed by atoms with E-state index in [-0.39, 0.29) is 0 Å². The summed E-state index contributed by atoms with van der Waals surface area (Å²) in [6.07, 6.45) is 2.13. The lowest BCUT2D eigenvalue weighted by Gasteiger charge is -2.42. The second-order valence-corrected chi connectivity index (χ2v) is 4.58. The lowest BCUT2D eigenvalue weighted by molar-refractivity contribution is 0.0649. The molecule has 6 heteroatoms. The largest absolute Gasteiger partial charge is 0.396 e.